The van der Waals surface area contributed by atoms with E-state index in [9.17, 15) is 10.1 Å². The Kier molecular flexibility index (Phi) is 3.84. The summed E-state index contributed by atoms with van der Waals surface area (Å²) in [4.78, 5) is 9.91. The fraction of sp³-hybridized carbons (Fsp3) is 0.714. The fourth-order valence-corrected chi connectivity index (χ4v) is 1.32. The minimum absolute atomic E-state index is 0.284. The molecule has 3 N–H and O–H groups in total. The Morgan fingerprint density at radius 1 is 1.43 bits per heavy atom. The van der Waals surface area contributed by atoms with Crippen LogP contribution in [0, 0.1) is 10.1 Å². The van der Waals surface area contributed by atoms with Crippen LogP contribution >= 0.6 is 0 Å². The molecule has 7 heteroatoms. The zero-order valence-electron chi connectivity index (χ0n) is 7.77. The number of nitrogens with zero attached hydrogens (tertiary/aromatic N) is 3. The first-order chi connectivity index (χ1) is 6.68. The Balaban J connectivity index is 2.40. The molecule has 7 nitrogen and oxygen atoms in total. The highest BCUT2D eigenvalue weighted by molar-refractivity contribution is 5.87. The van der Waals surface area contributed by atoms with Gasteiger partial charge in [-0.05, 0) is 25.7 Å². The van der Waals surface area contributed by atoms with Gasteiger partial charge in [0, 0.05) is 5.71 Å². The summed E-state index contributed by atoms with van der Waals surface area (Å²) in [6.45, 7) is 0. The molecular formula is C7H13N5O2. The third-order valence-corrected chi connectivity index (χ3v) is 1.95. The number of hydrogen-bond donors (Lipinski definition) is 2. The van der Waals surface area contributed by atoms with Crippen molar-refractivity contribution in [2.75, 3.05) is 0 Å². The van der Waals surface area contributed by atoms with Crippen LogP contribution in [0.15, 0.2) is 10.2 Å². The Morgan fingerprint density at radius 3 is 2.64 bits per heavy atom. The third kappa shape index (κ3) is 3.83. The van der Waals surface area contributed by atoms with Crippen molar-refractivity contribution in [3.05, 3.63) is 10.1 Å². The van der Waals surface area contributed by atoms with Crippen LogP contribution in [0.1, 0.15) is 32.1 Å². The highest BCUT2D eigenvalue weighted by Crippen LogP contribution is 2.13. The predicted octanol–water partition coefficient (Wildman–Crippen LogP) is 0.402. The number of rotatable bonds is 2. The fourth-order valence-electron chi connectivity index (χ4n) is 1.32. The van der Waals surface area contributed by atoms with Crippen LogP contribution in [-0.4, -0.2) is 16.7 Å². The Hall–Kier alpha value is -1.66. The van der Waals surface area contributed by atoms with E-state index in [-0.39, 0.29) is 5.96 Å². The van der Waals surface area contributed by atoms with Gasteiger partial charge in [-0.1, -0.05) is 6.42 Å². The second-order valence-electron chi connectivity index (χ2n) is 3.07. The molecule has 0 radical (unpaired) electrons. The maximum Gasteiger partial charge on any atom is 0.286 e. The molecule has 14 heavy (non-hydrogen) atoms. The molecule has 0 saturated heterocycles. The maximum absolute atomic E-state index is 9.91. The van der Waals surface area contributed by atoms with Gasteiger partial charge in [0.15, 0.2) is 5.03 Å². The summed E-state index contributed by atoms with van der Waals surface area (Å²) >= 11 is 0. The van der Waals surface area contributed by atoms with E-state index in [0.717, 1.165) is 31.4 Å². The van der Waals surface area contributed by atoms with E-state index in [2.05, 4.69) is 15.6 Å². The summed E-state index contributed by atoms with van der Waals surface area (Å²) in [6, 6.07) is 0. The topological polar surface area (TPSA) is 106 Å². The van der Waals surface area contributed by atoms with E-state index in [1.54, 1.807) is 0 Å². The average Bonchev–Trinajstić information content (AvgIpc) is 2.15. The molecule has 78 valence electrons. The lowest BCUT2D eigenvalue weighted by molar-refractivity contribution is -0.485. The highest BCUT2D eigenvalue weighted by Gasteiger charge is 2.06. The van der Waals surface area contributed by atoms with E-state index in [4.69, 9.17) is 5.73 Å². The second-order valence-corrected chi connectivity index (χ2v) is 3.07. The van der Waals surface area contributed by atoms with Crippen molar-refractivity contribution in [1.29, 1.82) is 0 Å². The zero-order chi connectivity index (χ0) is 10.4. The number of nitrogens with two attached hydrogens (primary N) is 1. The molecule has 0 heterocycles. The number of hydrogen-bond acceptors (Lipinski definition) is 3. The summed E-state index contributed by atoms with van der Waals surface area (Å²) in [5, 5.41) is 15.9. The summed E-state index contributed by atoms with van der Waals surface area (Å²) in [6.07, 6.45) is 5.31. The standard InChI is InChI=1S/C7H13N5O2/c8-7(11-12(13)14)10-9-6-4-2-1-3-5-6/h1-5H2,(H3,8,10,11). The van der Waals surface area contributed by atoms with E-state index in [1.165, 1.54) is 6.42 Å². The molecule has 0 bridgehead atoms. The van der Waals surface area contributed by atoms with E-state index in [0.29, 0.717) is 0 Å². The number of hydrazone groups is 2. The Bertz CT molecular complexity index is 265. The van der Waals surface area contributed by atoms with Crippen LogP contribution in [-0.2, 0) is 0 Å². The number of nitrogens with one attached hydrogen (secondary N) is 1. The van der Waals surface area contributed by atoms with Crippen molar-refractivity contribution in [3.8, 4) is 0 Å². The summed E-state index contributed by atoms with van der Waals surface area (Å²) in [5.41, 5.74) is 8.54. The van der Waals surface area contributed by atoms with E-state index in [1.807, 2.05) is 0 Å². The van der Waals surface area contributed by atoms with Gasteiger partial charge in [0.1, 0.15) is 5.10 Å². The maximum atomic E-state index is 9.91. The lowest BCUT2D eigenvalue weighted by Gasteiger charge is -2.11. The molecule has 0 unspecified atom stereocenters. The first kappa shape index (κ1) is 10.4. The van der Waals surface area contributed by atoms with Crippen LogP contribution in [0.5, 0.6) is 0 Å². The molecule has 0 aromatic rings. The lowest BCUT2D eigenvalue weighted by Crippen LogP contribution is -2.29. The molecule has 0 atom stereocenters. The van der Waals surface area contributed by atoms with Gasteiger partial charge in [0.2, 0.25) is 0 Å². The zero-order valence-corrected chi connectivity index (χ0v) is 7.77. The van der Waals surface area contributed by atoms with Gasteiger partial charge in [-0.2, -0.15) is 5.10 Å². The van der Waals surface area contributed by atoms with Crippen LogP contribution in [0.25, 0.3) is 0 Å². The normalized spacial score (nSPS) is 17.7. The Labute approximate surface area is 81.2 Å². The van der Waals surface area contributed by atoms with Crippen molar-refractivity contribution in [3.63, 3.8) is 0 Å². The lowest BCUT2D eigenvalue weighted by atomic mass is 9.99. The molecule has 0 spiro atoms. The van der Waals surface area contributed by atoms with Crippen LogP contribution in [0.3, 0.4) is 0 Å². The second kappa shape index (κ2) is 5.15. The monoisotopic (exact) mass is 199 g/mol. The average molecular weight is 199 g/mol. The van der Waals surface area contributed by atoms with Gasteiger partial charge in [-0.25, -0.2) is 15.5 Å². The van der Waals surface area contributed by atoms with Crippen LogP contribution < -0.4 is 11.2 Å². The van der Waals surface area contributed by atoms with Crippen molar-refractivity contribution >= 4 is 11.7 Å². The molecular weight excluding hydrogens is 186 g/mol. The molecule has 1 fully saturated rings. The summed E-state index contributed by atoms with van der Waals surface area (Å²) in [7, 11) is 0. The van der Waals surface area contributed by atoms with Gasteiger partial charge < -0.3 is 5.73 Å². The van der Waals surface area contributed by atoms with E-state index >= 15 is 0 Å². The van der Waals surface area contributed by atoms with Crippen molar-refractivity contribution in [2.45, 2.75) is 32.1 Å². The van der Waals surface area contributed by atoms with Crippen molar-refractivity contribution < 1.29 is 5.03 Å². The van der Waals surface area contributed by atoms with Gasteiger partial charge in [0.05, 0.1) is 0 Å². The van der Waals surface area contributed by atoms with Gasteiger partial charge >= 0.3 is 0 Å². The van der Waals surface area contributed by atoms with Crippen LogP contribution in [0.4, 0.5) is 0 Å². The third-order valence-electron chi connectivity index (χ3n) is 1.95. The molecule has 0 aromatic carbocycles. The first-order valence-corrected chi connectivity index (χ1v) is 4.48. The summed E-state index contributed by atoms with van der Waals surface area (Å²) in [5.74, 6) is -0.284. The minimum atomic E-state index is -0.858. The molecule has 1 rings (SSSR count). The molecule has 0 aromatic heterocycles. The van der Waals surface area contributed by atoms with E-state index < -0.39 is 5.03 Å². The van der Waals surface area contributed by atoms with Gasteiger partial charge in [-0.3, -0.25) is 0 Å². The highest BCUT2D eigenvalue weighted by atomic mass is 16.7. The summed E-state index contributed by atoms with van der Waals surface area (Å²) < 4.78 is 0. The molecule has 0 amide bonds. The smallest absolute Gasteiger partial charge is 0.286 e. The molecule has 0 aliphatic heterocycles. The molecule has 1 saturated carbocycles. The Morgan fingerprint density at radius 2 is 2.07 bits per heavy atom. The van der Waals surface area contributed by atoms with Crippen LogP contribution in [0.2, 0.25) is 0 Å². The van der Waals surface area contributed by atoms with Crippen molar-refractivity contribution in [2.24, 2.45) is 15.9 Å². The van der Waals surface area contributed by atoms with Gasteiger partial charge in [0.25, 0.3) is 5.96 Å². The largest absolute Gasteiger partial charge is 0.363 e. The minimum Gasteiger partial charge on any atom is -0.363 e. The van der Waals surface area contributed by atoms with Crippen molar-refractivity contribution in [1.82, 2.24) is 5.43 Å². The predicted molar refractivity (Wildman–Crippen MR) is 52.3 cm³/mol. The quantitative estimate of drug-likeness (QED) is 0.290. The SMILES string of the molecule is N/C(=N\[N+](=O)[O-])NN=C1CCCCC1. The number of nitro groups is 1. The molecule has 1 aliphatic rings. The molecule has 1 aliphatic carbocycles. The number of guanidine groups is 1. The van der Waals surface area contributed by atoms with Gasteiger partial charge in [-0.15, -0.1) is 0 Å². The first-order valence-electron chi connectivity index (χ1n) is 4.48.